The van der Waals surface area contributed by atoms with Crippen LogP contribution in [0.1, 0.15) is 22.3 Å². The molecule has 9 heteroatoms. The van der Waals surface area contributed by atoms with E-state index in [4.69, 9.17) is 27.9 Å². The fraction of sp³-hybridized carbons (Fsp3) is 0.152. The molecule has 1 aliphatic rings. The van der Waals surface area contributed by atoms with Gasteiger partial charge >= 0.3 is 0 Å². The zero-order chi connectivity index (χ0) is 29.7. The Morgan fingerprint density at radius 3 is 2.36 bits per heavy atom. The van der Waals surface area contributed by atoms with Gasteiger partial charge in [-0.2, -0.15) is 0 Å². The average molecular weight is 619 g/mol. The van der Waals surface area contributed by atoms with Crippen molar-refractivity contribution >= 4 is 58.5 Å². The Labute approximate surface area is 259 Å². The van der Waals surface area contributed by atoms with E-state index >= 15 is 0 Å². The highest BCUT2D eigenvalue weighted by molar-refractivity contribution is 8.02. The summed E-state index contributed by atoms with van der Waals surface area (Å²) in [7, 11) is 1.63. The second-order valence-corrected chi connectivity index (χ2v) is 12.2. The molecule has 1 aliphatic heterocycles. The lowest BCUT2D eigenvalue weighted by Gasteiger charge is -2.40. The van der Waals surface area contributed by atoms with Gasteiger partial charge in [-0.1, -0.05) is 125 Å². The first-order valence-electron chi connectivity index (χ1n) is 13.3. The van der Waals surface area contributed by atoms with Crippen LogP contribution in [-0.4, -0.2) is 30.4 Å². The lowest BCUT2D eigenvalue weighted by molar-refractivity contribution is -0.131. The Kier molecular flexibility index (Phi) is 9.12. The number of anilines is 1. The number of halogens is 2. The Bertz CT molecular complexity index is 1600. The van der Waals surface area contributed by atoms with Gasteiger partial charge in [-0.05, 0) is 30.2 Å². The molecule has 0 saturated heterocycles. The molecule has 0 bridgehead atoms. The summed E-state index contributed by atoms with van der Waals surface area (Å²) in [5.41, 5.74) is 4.38. The van der Waals surface area contributed by atoms with Crippen molar-refractivity contribution in [3.05, 3.63) is 130 Å². The number of carbonyl (C=O) groups is 2. The third-order valence-corrected chi connectivity index (χ3v) is 8.72. The second kappa shape index (κ2) is 12.9. The van der Waals surface area contributed by atoms with Crippen molar-refractivity contribution in [1.29, 1.82) is 0 Å². The van der Waals surface area contributed by atoms with Gasteiger partial charge in [0, 0.05) is 34.7 Å². The van der Waals surface area contributed by atoms with Gasteiger partial charge in [-0.15, -0.1) is 0 Å². The van der Waals surface area contributed by atoms with Gasteiger partial charge in [-0.3, -0.25) is 14.6 Å². The van der Waals surface area contributed by atoms with Crippen LogP contribution in [-0.2, 0) is 20.5 Å². The molecule has 214 valence electrons. The molecule has 0 aromatic heterocycles. The summed E-state index contributed by atoms with van der Waals surface area (Å²) in [6.45, 7) is 2.06. The summed E-state index contributed by atoms with van der Waals surface area (Å²) in [6, 6.07) is 30.6. The topological polar surface area (TPSA) is 61.9 Å². The number of benzene rings is 4. The molecule has 1 heterocycles. The van der Waals surface area contributed by atoms with Gasteiger partial charge in [0.2, 0.25) is 10.2 Å². The zero-order valence-corrected chi connectivity index (χ0v) is 25.4. The predicted octanol–water partition coefficient (Wildman–Crippen LogP) is 7.39. The van der Waals surface area contributed by atoms with Crippen molar-refractivity contribution < 1.29 is 14.3 Å². The van der Waals surface area contributed by atoms with Gasteiger partial charge in [0.1, 0.15) is 18.0 Å². The smallest absolute Gasteiger partial charge is 0.260 e. The van der Waals surface area contributed by atoms with E-state index in [0.717, 1.165) is 27.1 Å². The molecule has 1 N–H and O–H groups in total. The van der Waals surface area contributed by atoms with Crippen LogP contribution in [0, 0.1) is 6.92 Å². The number of nitrogens with zero attached hydrogens (tertiary/aromatic N) is 2. The lowest BCUT2D eigenvalue weighted by atomic mass is 10.1. The first-order chi connectivity index (χ1) is 20.2. The molecule has 0 saturated carbocycles. The summed E-state index contributed by atoms with van der Waals surface area (Å²) < 4.78 is 5.05. The highest BCUT2D eigenvalue weighted by atomic mass is 35.5. The van der Waals surface area contributed by atoms with Crippen molar-refractivity contribution in [3.63, 3.8) is 0 Å². The fourth-order valence-electron chi connectivity index (χ4n) is 4.48. The van der Waals surface area contributed by atoms with E-state index in [1.54, 1.807) is 24.2 Å². The number of amides is 2. The SMILES string of the molecule is Cc1ccc(C=CC(=O)NCC(=O)N(C)N2c3c(OCc4ccccc4)cc(Cl)cc3SC2(Cl)c2ccccc2)cc1. The molecule has 4 aromatic carbocycles. The highest BCUT2D eigenvalue weighted by Gasteiger charge is 2.50. The third-order valence-electron chi connectivity index (χ3n) is 6.68. The first-order valence-corrected chi connectivity index (χ1v) is 14.8. The number of ether oxygens (including phenoxy) is 1. The lowest BCUT2D eigenvalue weighted by Crippen LogP contribution is -2.53. The fourth-order valence-corrected chi connectivity index (χ4v) is 6.64. The number of rotatable bonds is 9. The summed E-state index contributed by atoms with van der Waals surface area (Å²) in [4.78, 5) is 26.8. The summed E-state index contributed by atoms with van der Waals surface area (Å²) in [6.07, 6.45) is 3.11. The molecule has 6 nitrogen and oxygen atoms in total. The maximum atomic E-state index is 13.5. The zero-order valence-electron chi connectivity index (χ0n) is 23.1. The maximum Gasteiger partial charge on any atom is 0.260 e. The molecule has 0 aliphatic carbocycles. The normalized spacial score (nSPS) is 15.9. The number of aryl methyl sites for hydroxylation is 1. The number of hydrogen-bond acceptors (Lipinski definition) is 5. The van der Waals surface area contributed by atoms with Crippen LogP contribution < -0.4 is 15.1 Å². The van der Waals surface area contributed by atoms with E-state index in [-0.39, 0.29) is 18.4 Å². The Balaban J connectivity index is 1.41. The quantitative estimate of drug-likeness (QED) is 0.120. The second-order valence-electron chi connectivity index (χ2n) is 9.75. The van der Waals surface area contributed by atoms with E-state index in [2.05, 4.69) is 5.32 Å². The number of alkyl halides is 1. The van der Waals surface area contributed by atoms with Crippen molar-refractivity contribution in [2.75, 3.05) is 18.6 Å². The van der Waals surface area contributed by atoms with Crippen molar-refractivity contribution in [2.45, 2.75) is 22.8 Å². The van der Waals surface area contributed by atoms with Crippen LogP contribution >= 0.6 is 35.0 Å². The van der Waals surface area contributed by atoms with Gasteiger partial charge < -0.3 is 10.1 Å². The first kappa shape index (κ1) is 29.6. The van der Waals surface area contributed by atoms with Crippen LogP contribution in [0.15, 0.2) is 108 Å². The Morgan fingerprint density at radius 2 is 1.67 bits per heavy atom. The van der Waals surface area contributed by atoms with Crippen LogP contribution in [0.5, 0.6) is 5.75 Å². The largest absolute Gasteiger partial charge is 0.487 e. The number of fused-ring (bicyclic) bond motifs is 1. The number of nitrogens with one attached hydrogen (secondary N) is 1. The van der Waals surface area contributed by atoms with Crippen molar-refractivity contribution in [3.8, 4) is 5.75 Å². The molecule has 0 spiro atoms. The standard InChI is InChI=1S/C33H29Cl2N3O3S/c1-23-13-15-24(16-14-23)17-18-30(39)36-21-31(40)37(2)38-32-28(41-22-25-9-5-3-6-10-25)19-27(34)20-29(32)42-33(38,35)26-11-7-4-8-12-26/h3-20H,21-22H2,1-2H3,(H,36,39). The van der Waals surface area contributed by atoms with Gasteiger partial charge in [0.25, 0.3) is 5.91 Å². The molecule has 0 radical (unpaired) electrons. The highest BCUT2D eigenvalue weighted by Crippen LogP contribution is 2.61. The minimum atomic E-state index is -1.22. The van der Waals surface area contributed by atoms with Crippen molar-refractivity contribution in [1.82, 2.24) is 10.3 Å². The minimum Gasteiger partial charge on any atom is -0.487 e. The summed E-state index contributed by atoms with van der Waals surface area (Å²) in [5.74, 6) is -0.269. The minimum absolute atomic E-state index is 0.236. The molecular weight excluding hydrogens is 589 g/mol. The monoisotopic (exact) mass is 617 g/mol. The van der Waals surface area contributed by atoms with E-state index in [9.17, 15) is 9.59 Å². The van der Waals surface area contributed by atoms with Crippen LogP contribution in [0.4, 0.5) is 5.69 Å². The van der Waals surface area contributed by atoms with Crippen LogP contribution in [0.3, 0.4) is 0 Å². The molecule has 4 aromatic rings. The third kappa shape index (κ3) is 6.59. The van der Waals surface area contributed by atoms with Crippen molar-refractivity contribution in [2.24, 2.45) is 0 Å². The molecular formula is C33H29Cl2N3O3S. The summed E-state index contributed by atoms with van der Waals surface area (Å²) >= 11 is 15.3. The molecule has 42 heavy (non-hydrogen) atoms. The molecule has 1 unspecified atom stereocenters. The molecule has 2 amide bonds. The Morgan fingerprint density at radius 1 is 1.00 bits per heavy atom. The predicted molar refractivity (Wildman–Crippen MR) is 171 cm³/mol. The maximum absolute atomic E-state index is 13.5. The molecule has 0 fully saturated rings. The van der Waals surface area contributed by atoms with Crippen LogP contribution in [0.25, 0.3) is 6.08 Å². The van der Waals surface area contributed by atoms with Gasteiger partial charge in [0.05, 0.1) is 6.54 Å². The summed E-state index contributed by atoms with van der Waals surface area (Å²) in [5, 5.41) is 6.30. The van der Waals surface area contributed by atoms with E-state index in [1.165, 1.54) is 22.8 Å². The number of hydrazine groups is 1. The van der Waals surface area contributed by atoms with E-state index < -0.39 is 4.33 Å². The van der Waals surface area contributed by atoms with E-state index in [0.29, 0.717) is 23.1 Å². The number of hydrogen-bond donors (Lipinski definition) is 1. The average Bonchev–Trinajstić information content (AvgIpc) is 3.31. The van der Waals surface area contributed by atoms with Gasteiger partial charge in [0.15, 0.2) is 0 Å². The number of likely N-dealkylation sites (N-methyl/N-ethyl adjacent to an activating group) is 1. The molecule has 1 atom stereocenters. The number of carbonyl (C=O) groups excluding carboxylic acids is 2. The molecule has 5 rings (SSSR count). The van der Waals surface area contributed by atoms with Crippen LogP contribution in [0.2, 0.25) is 5.02 Å². The van der Waals surface area contributed by atoms with Gasteiger partial charge in [-0.25, -0.2) is 5.01 Å². The van der Waals surface area contributed by atoms with E-state index in [1.807, 2.05) is 97.9 Å². The number of thioether (sulfide) groups is 1. The Hall–Kier alpha value is -3.91.